The summed E-state index contributed by atoms with van der Waals surface area (Å²) in [5, 5.41) is 0. The van der Waals surface area contributed by atoms with Gasteiger partial charge in [0, 0.05) is 24.1 Å². The first-order chi connectivity index (χ1) is 6.68. The van der Waals surface area contributed by atoms with E-state index in [-0.39, 0.29) is 5.54 Å². The fourth-order valence-electron chi connectivity index (χ4n) is 2.37. The minimum atomic E-state index is 0.0803. The lowest BCUT2D eigenvalue weighted by molar-refractivity contribution is 0.151. The summed E-state index contributed by atoms with van der Waals surface area (Å²) in [6.07, 6.45) is 9.58. The van der Waals surface area contributed by atoms with Crippen LogP contribution in [0.1, 0.15) is 31.9 Å². The van der Waals surface area contributed by atoms with Gasteiger partial charge in [-0.3, -0.25) is 9.97 Å². The number of hydrogen-bond donors (Lipinski definition) is 1. The molecule has 1 aliphatic rings. The normalized spacial score (nSPS) is 31.1. The van der Waals surface area contributed by atoms with Crippen molar-refractivity contribution in [1.82, 2.24) is 9.97 Å². The third-order valence-corrected chi connectivity index (χ3v) is 3.01. The average molecular weight is 191 g/mol. The molecule has 1 aliphatic carbocycles. The summed E-state index contributed by atoms with van der Waals surface area (Å²) in [7, 11) is 0. The summed E-state index contributed by atoms with van der Waals surface area (Å²) in [6.45, 7) is 2.26. The molecule has 0 atom stereocenters. The van der Waals surface area contributed by atoms with Crippen LogP contribution in [0.15, 0.2) is 18.6 Å². The minimum absolute atomic E-state index is 0.0803. The predicted octanol–water partition coefficient (Wildman–Crippen LogP) is 1.54. The van der Waals surface area contributed by atoms with Crippen LogP contribution in [0.5, 0.6) is 0 Å². The number of nitrogens with zero attached hydrogens (tertiary/aromatic N) is 2. The van der Waals surface area contributed by atoms with Crippen LogP contribution in [-0.4, -0.2) is 15.5 Å². The Kier molecular flexibility index (Phi) is 2.50. The first-order valence-electron chi connectivity index (χ1n) is 5.22. The van der Waals surface area contributed by atoms with E-state index in [1.807, 2.05) is 6.20 Å². The standard InChI is InChI=1S/C11H17N3/c1-9-6-11(12,7-9)3-2-10-8-13-4-5-14-10/h4-5,8-9H,2-3,6-7,12H2,1H3. The number of nitrogens with two attached hydrogens (primary N) is 1. The molecule has 0 aromatic carbocycles. The summed E-state index contributed by atoms with van der Waals surface area (Å²) in [5.41, 5.74) is 7.33. The molecule has 2 rings (SSSR count). The van der Waals surface area contributed by atoms with Gasteiger partial charge in [0.15, 0.2) is 0 Å². The van der Waals surface area contributed by atoms with E-state index < -0.39 is 0 Å². The van der Waals surface area contributed by atoms with Crippen LogP contribution in [0.3, 0.4) is 0 Å². The fourth-order valence-corrected chi connectivity index (χ4v) is 2.37. The molecule has 0 saturated heterocycles. The van der Waals surface area contributed by atoms with E-state index >= 15 is 0 Å². The Morgan fingerprint density at radius 3 is 2.86 bits per heavy atom. The summed E-state index contributed by atoms with van der Waals surface area (Å²) >= 11 is 0. The van der Waals surface area contributed by atoms with Gasteiger partial charge in [0.25, 0.3) is 0 Å². The van der Waals surface area contributed by atoms with Crippen molar-refractivity contribution >= 4 is 0 Å². The molecule has 0 bridgehead atoms. The topological polar surface area (TPSA) is 51.8 Å². The van der Waals surface area contributed by atoms with Gasteiger partial charge in [-0.1, -0.05) is 6.92 Å². The van der Waals surface area contributed by atoms with Gasteiger partial charge in [-0.05, 0) is 31.6 Å². The van der Waals surface area contributed by atoms with Gasteiger partial charge in [-0.15, -0.1) is 0 Å². The molecule has 0 amide bonds. The summed E-state index contributed by atoms with van der Waals surface area (Å²) < 4.78 is 0. The highest BCUT2D eigenvalue weighted by molar-refractivity contribution is 5.02. The molecule has 1 aromatic heterocycles. The maximum Gasteiger partial charge on any atom is 0.0587 e. The Balaban J connectivity index is 1.83. The van der Waals surface area contributed by atoms with Crippen molar-refractivity contribution in [3.05, 3.63) is 24.3 Å². The van der Waals surface area contributed by atoms with Crippen LogP contribution in [0.25, 0.3) is 0 Å². The van der Waals surface area contributed by atoms with Crippen LogP contribution >= 0.6 is 0 Å². The van der Waals surface area contributed by atoms with Crippen LogP contribution in [-0.2, 0) is 6.42 Å². The van der Waals surface area contributed by atoms with Crippen LogP contribution in [0.4, 0.5) is 0 Å². The molecule has 3 heteroatoms. The highest BCUT2D eigenvalue weighted by Gasteiger charge is 2.37. The highest BCUT2D eigenvalue weighted by Crippen LogP contribution is 2.38. The predicted molar refractivity (Wildman–Crippen MR) is 55.7 cm³/mol. The van der Waals surface area contributed by atoms with E-state index in [1.165, 1.54) is 0 Å². The second-order valence-corrected chi connectivity index (χ2v) is 4.57. The number of rotatable bonds is 3. The summed E-state index contributed by atoms with van der Waals surface area (Å²) in [6, 6.07) is 0. The highest BCUT2D eigenvalue weighted by atomic mass is 14.8. The van der Waals surface area contributed by atoms with Crippen LogP contribution in [0.2, 0.25) is 0 Å². The SMILES string of the molecule is CC1CC(N)(CCc2cnccn2)C1. The summed E-state index contributed by atoms with van der Waals surface area (Å²) in [5.74, 6) is 0.807. The number of hydrogen-bond acceptors (Lipinski definition) is 3. The number of aromatic nitrogens is 2. The van der Waals surface area contributed by atoms with Crippen molar-refractivity contribution < 1.29 is 0 Å². The molecular weight excluding hydrogens is 174 g/mol. The van der Waals surface area contributed by atoms with Gasteiger partial charge >= 0.3 is 0 Å². The molecule has 1 heterocycles. The minimum Gasteiger partial charge on any atom is -0.325 e. The molecule has 14 heavy (non-hydrogen) atoms. The summed E-state index contributed by atoms with van der Waals surface area (Å²) in [4.78, 5) is 8.28. The van der Waals surface area contributed by atoms with Gasteiger partial charge in [0.2, 0.25) is 0 Å². The quantitative estimate of drug-likeness (QED) is 0.788. The maximum absolute atomic E-state index is 6.19. The smallest absolute Gasteiger partial charge is 0.0587 e. The van der Waals surface area contributed by atoms with Crippen LogP contribution < -0.4 is 5.73 Å². The van der Waals surface area contributed by atoms with Gasteiger partial charge in [0.1, 0.15) is 0 Å². The second-order valence-electron chi connectivity index (χ2n) is 4.57. The largest absolute Gasteiger partial charge is 0.325 e. The Morgan fingerprint density at radius 2 is 2.29 bits per heavy atom. The van der Waals surface area contributed by atoms with Crippen molar-refractivity contribution in [3.63, 3.8) is 0 Å². The molecule has 0 unspecified atom stereocenters. The molecule has 1 fully saturated rings. The molecule has 0 radical (unpaired) electrons. The van der Waals surface area contributed by atoms with Crippen molar-refractivity contribution in [2.75, 3.05) is 0 Å². The third-order valence-electron chi connectivity index (χ3n) is 3.01. The Hall–Kier alpha value is -0.960. The van der Waals surface area contributed by atoms with Gasteiger partial charge in [-0.25, -0.2) is 0 Å². The van der Waals surface area contributed by atoms with E-state index in [1.54, 1.807) is 12.4 Å². The number of aryl methyl sites for hydroxylation is 1. The van der Waals surface area contributed by atoms with Crippen molar-refractivity contribution in [1.29, 1.82) is 0 Å². The van der Waals surface area contributed by atoms with E-state index in [0.29, 0.717) is 0 Å². The van der Waals surface area contributed by atoms with E-state index in [4.69, 9.17) is 5.73 Å². The first kappa shape index (κ1) is 9.59. The van der Waals surface area contributed by atoms with Gasteiger partial charge in [0.05, 0.1) is 5.69 Å². The lowest BCUT2D eigenvalue weighted by Crippen LogP contribution is -2.51. The Bertz CT molecular complexity index is 291. The van der Waals surface area contributed by atoms with Gasteiger partial charge < -0.3 is 5.73 Å². The van der Waals surface area contributed by atoms with Gasteiger partial charge in [-0.2, -0.15) is 0 Å². The zero-order valence-electron chi connectivity index (χ0n) is 8.61. The Morgan fingerprint density at radius 1 is 1.50 bits per heavy atom. The zero-order chi connectivity index (χ0) is 10.0. The lowest BCUT2D eigenvalue weighted by atomic mass is 9.67. The zero-order valence-corrected chi connectivity index (χ0v) is 8.61. The molecule has 1 aromatic rings. The fraction of sp³-hybridized carbons (Fsp3) is 0.636. The van der Waals surface area contributed by atoms with E-state index in [2.05, 4.69) is 16.9 Å². The molecule has 76 valence electrons. The molecule has 0 aliphatic heterocycles. The third kappa shape index (κ3) is 2.10. The molecular formula is C11H17N3. The molecule has 2 N–H and O–H groups in total. The molecule has 0 spiro atoms. The molecule has 1 saturated carbocycles. The van der Waals surface area contributed by atoms with E-state index in [9.17, 15) is 0 Å². The van der Waals surface area contributed by atoms with Crippen molar-refractivity contribution in [3.8, 4) is 0 Å². The van der Waals surface area contributed by atoms with Crippen molar-refractivity contribution in [2.45, 2.75) is 38.1 Å². The maximum atomic E-state index is 6.19. The lowest BCUT2D eigenvalue weighted by Gasteiger charge is -2.43. The van der Waals surface area contributed by atoms with Crippen molar-refractivity contribution in [2.24, 2.45) is 11.7 Å². The average Bonchev–Trinajstić information content (AvgIpc) is 2.15. The van der Waals surface area contributed by atoms with E-state index in [0.717, 1.165) is 37.3 Å². The first-order valence-corrected chi connectivity index (χ1v) is 5.22. The van der Waals surface area contributed by atoms with Crippen LogP contribution in [0, 0.1) is 5.92 Å². The Labute approximate surface area is 84.8 Å². The monoisotopic (exact) mass is 191 g/mol. The second kappa shape index (κ2) is 3.65. The molecule has 3 nitrogen and oxygen atoms in total.